The second kappa shape index (κ2) is 9.99. The van der Waals surface area contributed by atoms with E-state index in [1.807, 2.05) is 0 Å². The molecule has 1 aliphatic heterocycles. The number of halogens is 6. The minimum absolute atomic E-state index is 0.0585. The van der Waals surface area contributed by atoms with Gasteiger partial charge in [0.25, 0.3) is 10.0 Å². The van der Waals surface area contributed by atoms with Crippen molar-refractivity contribution < 1.29 is 49.1 Å². The number of sulfonamides is 1. The number of fused-ring (bicyclic) bond motifs is 2. The lowest BCUT2D eigenvalue weighted by atomic mass is 9.76. The summed E-state index contributed by atoms with van der Waals surface area (Å²) in [7, 11) is -5.08. The molecule has 37 heavy (non-hydrogen) atoms. The van der Waals surface area contributed by atoms with Crippen LogP contribution in [0.15, 0.2) is 23.1 Å². The maximum absolute atomic E-state index is 13.2. The number of carbonyl (C=O) groups is 2. The van der Waals surface area contributed by atoms with Gasteiger partial charge in [-0.2, -0.15) is 26.3 Å². The number of nitrogens with zero attached hydrogens (tertiary/aromatic N) is 1. The molecule has 0 spiro atoms. The monoisotopic (exact) mass is 558 g/mol. The normalized spacial score (nSPS) is 23.3. The summed E-state index contributed by atoms with van der Waals surface area (Å²) >= 11 is 0. The van der Waals surface area contributed by atoms with Crippen molar-refractivity contribution >= 4 is 22.0 Å². The van der Waals surface area contributed by atoms with Gasteiger partial charge in [0.1, 0.15) is 5.60 Å². The Morgan fingerprint density at radius 3 is 1.76 bits per heavy atom. The van der Waals surface area contributed by atoms with Crippen molar-refractivity contribution in [3.63, 3.8) is 0 Å². The lowest BCUT2D eigenvalue weighted by Crippen LogP contribution is -2.54. The van der Waals surface area contributed by atoms with E-state index in [0.717, 1.165) is 0 Å². The molecule has 2 amide bonds. The molecule has 1 saturated carbocycles. The standard InChI is InChI=1S/C23H28F6N2O5S/c1-21(2,3)36-20(33)31-11-13-6-4-5-7-14(12-31)18(13)19(32)30-37(34,35)17-9-15(22(24,25)26)8-16(10-17)23(27,28)29/h8-10,13-14,18H,4-7,11-12H2,1-3H3,(H,30,32)/t13-,14+,18?. The topological polar surface area (TPSA) is 92.8 Å². The molecule has 1 saturated heterocycles. The van der Waals surface area contributed by atoms with Crippen LogP contribution >= 0.6 is 0 Å². The third kappa shape index (κ3) is 7.08. The van der Waals surface area contributed by atoms with Gasteiger partial charge in [0.15, 0.2) is 0 Å². The number of hydrogen-bond donors (Lipinski definition) is 1. The molecule has 1 N–H and O–H groups in total. The van der Waals surface area contributed by atoms with Gasteiger partial charge < -0.3 is 9.64 Å². The molecule has 1 aliphatic carbocycles. The highest BCUT2D eigenvalue weighted by atomic mass is 32.2. The second-order valence-electron chi connectivity index (χ2n) is 10.4. The first kappa shape index (κ1) is 29.1. The summed E-state index contributed by atoms with van der Waals surface area (Å²) in [6.45, 7) is 5.29. The van der Waals surface area contributed by atoms with Crippen LogP contribution in [0.3, 0.4) is 0 Å². The third-order valence-electron chi connectivity index (χ3n) is 6.39. The van der Waals surface area contributed by atoms with Crippen LogP contribution in [0.25, 0.3) is 0 Å². The Bertz CT molecular complexity index is 1100. The molecule has 1 aromatic carbocycles. The van der Waals surface area contributed by atoms with Crippen LogP contribution < -0.4 is 4.72 Å². The number of benzene rings is 1. The predicted octanol–water partition coefficient (Wildman–Crippen LogP) is 5.20. The summed E-state index contributed by atoms with van der Waals surface area (Å²) in [5.41, 5.74) is -4.38. The Labute approximate surface area is 210 Å². The average Bonchev–Trinajstić information content (AvgIpc) is 2.85. The number of hydrogen-bond acceptors (Lipinski definition) is 5. The first-order valence-corrected chi connectivity index (χ1v) is 13.1. The van der Waals surface area contributed by atoms with Gasteiger partial charge in [-0.25, -0.2) is 17.9 Å². The number of amides is 2. The van der Waals surface area contributed by atoms with E-state index in [1.165, 1.54) is 4.90 Å². The minimum Gasteiger partial charge on any atom is -0.444 e. The van der Waals surface area contributed by atoms with Crippen LogP contribution in [-0.4, -0.2) is 44.0 Å². The smallest absolute Gasteiger partial charge is 0.416 e. The van der Waals surface area contributed by atoms with Gasteiger partial charge >= 0.3 is 18.4 Å². The second-order valence-corrected chi connectivity index (χ2v) is 12.1. The van der Waals surface area contributed by atoms with Gasteiger partial charge in [-0.3, -0.25) is 4.79 Å². The molecule has 7 nitrogen and oxygen atoms in total. The number of carbonyl (C=O) groups excluding carboxylic acids is 2. The fourth-order valence-corrected chi connectivity index (χ4v) is 5.94. The highest BCUT2D eigenvalue weighted by Gasteiger charge is 2.45. The van der Waals surface area contributed by atoms with E-state index in [1.54, 1.807) is 25.5 Å². The maximum Gasteiger partial charge on any atom is 0.416 e. The van der Waals surface area contributed by atoms with Gasteiger partial charge in [0, 0.05) is 19.0 Å². The van der Waals surface area contributed by atoms with E-state index in [9.17, 15) is 44.3 Å². The molecule has 2 aliphatic rings. The van der Waals surface area contributed by atoms with Crippen molar-refractivity contribution in [2.24, 2.45) is 17.8 Å². The molecule has 3 rings (SSSR count). The van der Waals surface area contributed by atoms with Crippen molar-refractivity contribution in [3.05, 3.63) is 29.3 Å². The molecule has 3 atom stereocenters. The van der Waals surface area contributed by atoms with Gasteiger partial charge in [-0.05, 0) is 63.6 Å². The maximum atomic E-state index is 13.2. The Morgan fingerprint density at radius 1 is 0.892 bits per heavy atom. The number of alkyl halides is 6. The first-order valence-electron chi connectivity index (χ1n) is 11.6. The molecule has 0 radical (unpaired) electrons. The molecular weight excluding hydrogens is 530 g/mol. The molecule has 2 bridgehead atoms. The van der Waals surface area contributed by atoms with Crippen LogP contribution in [0.1, 0.15) is 57.6 Å². The zero-order chi connectivity index (χ0) is 28.0. The summed E-state index contributed by atoms with van der Waals surface area (Å²) in [5.74, 6) is -2.84. The summed E-state index contributed by atoms with van der Waals surface area (Å²) < 4.78 is 112. The quantitative estimate of drug-likeness (QED) is 0.515. The molecule has 2 fully saturated rings. The van der Waals surface area contributed by atoms with Crippen LogP contribution in [0, 0.1) is 17.8 Å². The van der Waals surface area contributed by atoms with E-state index in [0.29, 0.717) is 25.7 Å². The highest BCUT2D eigenvalue weighted by Crippen LogP contribution is 2.40. The zero-order valence-corrected chi connectivity index (χ0v) is 21.2. The van der Waals surface area contributed by atoms with Crippen LogP contribution in [0.5, 0.6) is 0 Å². The predicted molar refractivity (Wildman–Crippen MR) is 119 cm³/mol. The van der Waals surface area contributed by atoms with E-state index in [4.69, 9.17) is 4.74 Å². The SMILES string of the molecule is CC(C)(C)OC(=O)N1C[C@H]2CCCC[C@@H](C1)C2C(=O)NS(=O)(=O)c1cc(C(F)(F)F)cc(C(F)(F)F)c1. The number of rotatable bonds is 3. The van der Waals surface area contributed by atoms with E-state index in [2.05, 4.69) is 0 Å². The van der Waals surface area contributed by atoms with Gasteiger partial charge in [0.2, 0.25) is 5.91 Å². The third-order valence-corrected chi connectivity index (χ3v) is 7.71. The van der Waals surface area contributed by atoms with Crippen LogP contribution in [0.2, 0.25) is 0 Å². The number of ether oxygens (including phenoxy) is 1. The number of piperidine rings is 1. The fourth-order valence-electron chi connectivity index (χ4n) is 4.85. The average molecular weight is 559 g/mol. The molecule has 14 heteroatoms. The molecule has 1 unspecified atom stereocenters. The minimum atomic E-state index is -5.25. The Hall–Kier alpha value is -2.51. The lowest BCUT2D eigenvalue weighted by Gasteiger charge is -2.42. The van der Waals surface area contributed by atoms with E-state index in [-0.39, 0.29) is 31.3 Å². The van der Waals surface area contributed by atoms with Gasteiger partial charge in [-0.1, -0.05) is 12.8 Å². The summed E-state index contributed by atoms with van der Waals surface area (Å²) in [5, 5.41) is 0. The Balaban J connectivity index is 1.88. The molecule has 0 aromatic heterocycles. The van der Waals surface area contributed by atoms with Crippen molar-refractivity contribution in [2.45, 2.75) is 69.3 Å². The first-order chi connectivity index (χ1) is 16.8. The van der Waals surface area contributed by atoms with Crippen molar-refractivity contribution in [2.75, 3.05) is 13.1 Å². The largest absolute Gasteiger partial charge is 0.444 e. The molecule has 1 aromatic rings. The highest BCUT2D eigenvalue weighted by molar-refractivity contribution is 7.90. The Kier molecular flexibility index (Phi) is 7.84. The molecule has 208 valence electrons. The van der Waals surface area contributed by atoms with Crippen LogP contribution in [-0.2, 0) is 31.9 Å². The van der Waals surface area contributed by atoms with Gasteiger partial charge in [0.05, 0.1) is 16.0 Å². The van der Waals surface area contributed by atoms with E-state index >= 15 is 0 Å². The van der Waals surface area contributed by atoms with Crippen molar-refractivity contribution in [1.82, 2.24) is 9.62 Å². The van der Waals surface area contributed by atoms with Gasteiger partial charge in [-0.15, -0.1) is 0 Å². The number of likely N-dealkylation sites (tertiary alicyclic amines) is 1. The fraction of sp³-hybridized carbons (Fsp3) is 0.652. The van der Waals surface area contributed by atoms with Crippen molar-refractivity contribution in [3.8, 4) is 0 Å². The molecular formula is C23H28F6N2O5S. The lowest BCUT2D eigenvalue weighted by molar-refractivity contribution is -0.143. The summed E-state index contributed by atoms with van der Waals surface area (Å²) in [6, 6.07) is -0.0756. The van der Waals surface area contributed by atoms with Crippen LogP contribution in [0.4, 0.5) is 31.1 Å². The molecule has 1 heterocycles. The number of nitrogens with one attached hydrogen (secondary N) is 1. The summed E-state index contributed by atoms with van der Waals surface area (Å²) in [6.07, 6.45) is -8.70. The van der Waals surface area contributed by atoms with Crippen molar-refractivity contribution in [1.29, 1.82) is 0 Å². The zero-order valence-electron chi connectivity index (χ0n) is 20.4. The summed E-state index contributed by atoms with van der Waals surface area (Å²) in [4.78, 5) is 25.9. The Morgan fingerprint density at radius 2 is 1.35 bits per heavy atom. The van der Waals surface area contributed by atoms with E-state index < -0.39 is 73.8 Å².